The summed E-state index contributed by atoms with van der Waals surface area (Å²) in [6.07, 6.45) is 8.42. The van der Waals surface area contributed by atoms with E-state index in [-0.39, 0.29) is 0 Å². The van der Waals surface area contributed by atoms with Crippen LogP contribution in [0.3, 0.4) is 0 Å². The van der Waals surface area contributed by atoms with Gasteiger partial charge in [0, 0.05) is 4.47 Å². The van der Waals surface area contributed by atoms with Crippen molar-refractivity contribution in [3.8, 4) is 0 Å². The maximum Gasteiger partial charge on any atom is 0.0175 e. The highest BCUT2D eigenvalue weighted by molar-refractivity contribution is 9.10. The first-order chi connectivity index (χ1) is 9.29. The highest BCUT2D eigenvalue weighted by Crippen LogP contribution is 2.31. The molecular weight excluding hydrogens is 298 g/mol. The van der Waals surface area contributed by atoms with Crippen LogP contribution in [-0.4, -0.2) is 13.1 Å². The van der Waals surface area contributed by atoms with Crippen molar-refractivity contribution < 1.29 is 0 Å². The fourth-order valence-corrected chi connectivity index (χ4v) is 3.53. The Hall–Kier alpha value is -0.340. The van der Waals surface area contributed by atoms with E-state index in [4.69, 9.17) is 0 Å². The number of halogens is 1. The molecule has 2 heteroatoms. The summed E-state index contributed by atoms with van der Waals surface area (Å²) >= 11 is 3.52. The van der Waals surface area contributed by atoms with Gasteiger partial charge < -0.3 is 5.32 Å². The molecule has 106 valence electrons. The second kappa shape index (κ2) is 8.06. The molecule has 1 nitrogen and oxygen atoms in total. The number of hydrogen-bond acceptors (Lipinski definition) is 1. The fraction of sp³-hybridized carbons (Fsp3) is 0.647. The van der Waals surface area contributed by atoms with Gasteiger partial charge in [-0.15, -0.1) is 0 Å². The minimum absolute atomic E-state index is 0.807. The van der Waals surface area contributed by atoms with Gasteiger partial charge in [0.05, 0.1) is 0 Å². The van der Waals surface area contributed by atoms with E-state index in [2.05, 4.69) is 52.4 Å². The van der Waals surface area contributed by atoms with Gasteiger partial charge in [-0.3, -0.25) is 0 Å². The Morgan fingerprint density at radius 2 is 1.84 bits per heavy atom. The van der Waals surface area contributed by atoms with Crippen LogP contribution in [0.5, 0.6) is 0 Å². The third-order valence-electron chi connectivity index (χ3n) is 4.38. The molecule has 0 saturated heterocycles. The van der Waals surface area contributed by atoms with Crippen LogP contribution in [0.25, 0.3) is 0 Å². The summed E-state index contributed by atoms with van der Waals surface area (Å²) in [5, 5.41) is 3.57. The van der Waals surface area contributed by atoms with E-state index in [0.717, 1.165) is 18.4 Å². The van der Waals surface area contributed by atoms with Crippen molar-refractivity contribution in [2.45, 2.75) is 45.4 Å². The maximum atomic E-state index is 3.57. The lowest BCUT2D eigenvalue weighted by atomic mass is 9.77. The molecule has 0 spiro atoms. The molecule has 1 saturated carbocycles. The highest BCUT2D eigenvalue weighted by atomic mass is 79.9. The van der Waals surface area contributed by atoms with Crippen molar-refractivity contribution in [2.75, 3.05) is 13.1 Å². The molecule has 1 aromatic rings. The van der Waals surface area contributed by atoms with Gasteiger partial charge >= 0.3 is 0 Å². The summed E-state index contributed by atoms with van der Waals surface area (Å²) in [4.78, 5) is 0. The Labute approximate surface area is 126 Å². The van der Waals surface area contributed by atoms with Crippen molar-refractivity contribution in [1.82, 2.24) is 5.32 Å². The van der Waals surface area contributed by atoms with Crippen LogP contribution >= 0.6 is 15.9 Å². The van der Waals surface area contributed by atoms with Crippen LogP contribution in [0.2, 0.25) is 0 Å². The summed E-state index contributed by atoms with van der Waals surface area (Å²) in [7, 11) is 0. The molecule has 0 bridgehead atoms. The first-order valence-corrected chi connectivity index (χ1v) is 8.54. The molecule has 19 heavy (non-hydrogen) atoms. The fourth-order valence-electron chi connectivity index (χ4n) is 3.26. The minimum Gasteiger partial charge on any atom is -0.317 e. The predicted octanol–water partition coefficient (Wildman–Crippen LogP) is 4.80. The molecule has 1 aliphatic rings. The third-order valence-corrected chi connectivity index (χ3v) is 4.91. The molecule has 0 heterocycles. The zero-order chi connectivity index (χ0) is 13.5. The largest absolute Gasteiger partial charge is 0.317 e. The number of hydrogen-bond donors (Lipinski definition) is 1. The summed E-state index contributed by atoms with van der Waals surface area (Å²) < 4.78 is 1.18. The lowest BCUT2D eigenvalue weighted by Gasteiger charge is -2.30. The standard InChI is InChI=1S/C17H26BrN/c1-2-19-13-16(15-6-4-3-5-7-15)12-14-8-10-17(18)11-9-14/h8-11,15-16,19H,2-7,12-13H2,1H3. The van der Waals surface area contributed by atoms with Gasteiger partial charge in [-0.05, 0) is 49.0 Å². The number of rotatable bonds is 6. The van der Waals surface area contributed by atoms with Gasteiger partial charge in [0.2, 0.25) is 0 Å². The first kappa shape index (κ1) is 15.1. The van der Waals surface area contributed by atoms with Crippen molar-refractivity contribution in [3.63, 3.8) is 0 Å². The molecule has 1 unspecified atom stereocenters. The van der Waals surface area contributed by atoms with Crippen LogP contribution in [0, 0.1) is 11.8 Å². The lowest BCUT2D eigenvalue weighted by Crippen LogP contribution is -2.31. The van der Waals surface area contributed by atoms with Crippen molar-refractivity contribution in [3.05, 3.63) is 34.3 Å². The zero-order valence-corrected chi connectivity index (χ0v) is 13.6. The van der Waals surface area contributed by atoms with Crippen LogP contribution < -0.4 is 5.32 Å². The van der Waals surface area contributed by atoms with E-state index in [1.165, 1.54) is 55.1 Å². The van der Waals surface area contributed by atoms with Crippen LogP contribution in [0.1, 0.15) is 44.6 Å². The highest BCUT2D eigenvalue weighted by Gasteiger charge is 2.23. The predicted molar refractivity (Wildman–Crippen MR) is 86.5 cm³/mol. The van der Waals surface area contributed by atoms with Crippen molar-refractivity contribution >= 4 is 15.9 Å². The average molecular weight is 324 g/mol. The Bertz CT molecular complexity index is 354. The van der Waals surface area contributed by atoms with Crippen molar-refractivity contribution in [2.24, 2.45) is 11.8 Å². The van der Waals surface area contributed by atoms with Gasteiger partial charge in [-0.25, -0.2) is 0 Å². The number of nitrogens with one attached hydrogen (secondary N) is 1. The van der Waals surface area contributed by atoms with E-state index in [1.54, 1.807) is 0 Å². The summed E-state index contributed by atoms with van der Waals surface area (Å²) in [6.45, 7) is 4.47. The molecule has 0 radical (unpaired) electrons. The smallest absolute Gasteiger partial charge is 0.0175 e. The number of benzene rings is 1. The SMILES string of the molecule is CCNCC(Cc1ccc(Br)cc1)C1CCCCC1. The van der Waals surface area contributed by atoms with E-state index >= 15 is 0 Å². The molecule has 1 aliphatic carbocycles. The van der Waals surface area contributed by atoms with Gasteiger partial charge in [-0.2, -0.15) is 0 Å². The van der Waals surface area contributed by atoms with Crippen molar-refractivity contribution in [1.29, 1.82) is 0 Å². The van der Waals surface area contributed by atoms with Crippen LogP contribution in [0.4, 0.5) is 0 Å². The Morgan fingerprint density at radius 3 is 2.47 bits per heavy atom. The van der Waals surface area contributed by atoms with E-state index < -0.39 is 0 Å². The maximum absolute atomic E-state index is 3.57. The van der Waals surface area contributed by atoms with E-state index in [9.17, 15) is 0 Å². The van der Waals surface area contributed by atoms with E-state index in [0.29, 0.717) is 0 Å². The summed E-state index contributed by atoms with van der Waals surface area (Å²) in [5.41, 5.74) is 1.48. The van der Waals surface area contributed by atoms with Gasteiger partial charge in [0.15, 0.2) is 0 Å². The summed E-state index contributed by atoms with van der Waals surface area (Å²) in [6, 6.07) is 8.87. The minimum atomic E-state index is 0.807. The van der Waals surface area contributed by atoms with Gasteiger partial charge in [0.1, 0.15) is 0 Å². The molecular formula is C17H26BrN. The molecule has 0 aromatic heterocycles. The van der Waals surface area contributed by atoms with E-state index in [1.807, 2.05) is 0 Å². The monoisotopic (exact) mass is 323 g/mol. The summed E-state index contributed by atoms with van der Waals surface area (Å²) in [5.74, 6) is 1.73. The molecule has 1 N–H and O–H groups in total. The first-order valence-electron chi connectivity index (χ1n) is 7.74. The van der Waals surface area contributed by atoms with Gasteiger partial charge in [-0.1, -0.05) is 67.1 Å². The molecule has 1 aromatic carbocycles. The Kier molecular flexibility index (Phi) is 6.39. The van der Waals surface area contributed by atoms with Crippen LogP contribution in [-0.2, 0) is 6.42 Å². The van der Waals surface area contributed by atoms with Crippen LogP contribution in [0.15, 0.2) is 28.7 Å². The second-order valence-corrected chi connectivity index (χ2v) is 6.71. The molecule has 1 fully saturated rings. The Balaban J connectivity index is 1.97. The molecule has 0 amide bonds. The zero-order valence-electron chi connectivity index (χ0n) is 12.0. The normalized spacial score (nSPS) is 18.4. The second-order valence-electron chi connectivity index (χ2n) is 5.80. The molecule has 0 aliphatic heterocycles. The third kappa shape index (κ3) is 4.92. The lowest BCUT2D eigenvalue weighted by molar-refractivity contribution is 0.240. The average Bonchev–Trinajstić information content (AvgIpc) is 2.46. The Morgan fingerprint density at radius 1 is 1.16 bits per heavy atom. The molecule has 1 atom stereocenters. The van der Waals surface area contributed by atoms with Gasteiger partial charge in [0.25, 0.3) is 0 Å². The quantitative estimate of drug-likeness (QED) is 0.793. The molecule has 2 rings (SSSR count). The topological polar surface area (TPSA) is 12.0 Å².